The van der Waals surface area contributed by atoms with E-state index in [0.29, 0.717) is 12.0 Å². The maximum absolute atomic E-state index is 13.0. The second-order valence-electron chi connectivity index (χ2n) is 9.70. The van der Waals surface area contributed by atoms with Gasteiger partial charge in [-0.1, -0.05) is 30.3 Å². The molecule has 2 fully saturated rings. The highest BCUT2D eigenvalue weighted by Gasteiger charge is 2.37. The SMILES string of the molecule is O=C1CCNC(=O)[C@H](Cc2ccccc2)NC(=O)CC(C(=O)O)NC(=O)[C@@H]2CCCN2C(=O)CCC(C(=O)O)N1. The smallest absolute Gasteiger partial charge is 0.326 e. The fourth-order valence-electron chi connectivity index (χ4n) is 4.66. The van der Waals surface area contributed by atoms with Gasteiger partial charge in [-0.2, -0.15) is 0 Å². The molecule has 2 aliphatic heterocycles. The molecule has 2 saturated heterocycles. The summed E-state index contributed by atoms with van der Waals surface area (Å²) in [4.78, 5) is 88.7. The summed E-state index contributed by atoms with van der Waals surface area (Å²) in [5.41, 5.74) is 0.706. The first-order valence-corrected chi connectivity index (χ1v) is 13.0. The van der Waals surface area contributed by atoms with Crippen molar-refractivity contribution in [3.8, 4) is 0 Å². The lowest BCUT2D eigenvalue weighted by molar-refractivity contribution is -0.145. The number of fused-ring (bicyclic) bond motifs is 1. The monoisotopic (exact) mass is 559 g/mol. The Kier molecular flexibility index (Phi) is 10.6. The van der Waals surface area contributed by atoms with Gasteiger partial charge in [-0.15, -0.1) is 0 Å². The predicted molar refractivity (Wildman–Crippen MR) is 137 cm³/mol. The van der Waals surface area contributed by atoms with Crippen LogP contribution in [-0.2, 0) is 40.0 Å². The highest BCUT2D eigenvalue weighted by Crippen LogP contribution is 2.20. The molecule has 2 unspecified atom stereocenters. The molecule has 0 spiro atoms. The molecule has 0 saturated carbocycles. The van der Waals surface area contributed by atoms with Crippen LogP contribution >= 0.6 is 0 Å². The van der Waals surface area contributed by atoms with E-state index in [0.717, 1.165) is 0 Å². The summed E-state index contributed by atoms with van der Waals surface area (Å²) in [5.74, 6) is -6.19. The molecule has 5 amide bonds. The van der Waals surface area contributed by atoms with Crippen molar-refractivity contribution in [2.45, 2.75) is 69.1 Å². The molecular weight excluding hydrogens is 526 g/mol. The van der Waals surface area contributed by atoms with E-state index in [1.807, 2.05) is 0 Å². The lowest BCUT2D eigenvalue weighted by Crippen LogP contribution is -2.53. The van der Waals surface area contributed by atoms with Crippen LogP contribution in [0.5, 0.6) is 0 Å². The van der Waals surface area contributed by atoms with Crippen molar-refractivity contribution >= 4 is 41.5 Å². The van der Waals surface area contributed by atoms with Gasteiger partial charge >= 0.3 is 11.9 Å². The molecular formula is C26H33N5O9. The first-order chi connectivity index (χ1) is 19.0. The first-order valence-electron chi connectivity index (χ1n) is 13.0. The highest BCUT2D eigenvalue weighted by molar-refractivity contribution is 5.94. The number of nitrogens with one attached hydrogen (secondary N) is 4. The highest BCUT2D eigenvalue weighted by atomic mass is 16.4. The van der Waals surface area contributed by atoms with Crippen LogP contribution in [0.15, 0.2) is 30.3 Å². The number of carboxylic acids is 2. The van der Waals surface area contributed by atoms with E-state index in [9.17, 15) is 43.8 Å². The number of hydrogen-bond acceptors (Lipinski definition) is 7. The molecule has 2 heterocycles. The minimum Gasteiger partial charge on any atom is -0.480 e. The van der Waals surface area contributed by atoms with Gasteiger partial charge in [0, 0.05) is 32.4 Å². The Hall–Kier alpha value is -4.49. The Morgan fingerprint density at radius 3 is 2.20 bits per heavy atom. The average molecular weight is 560 g/mol. The van der Waals surface area contributed by atoms with Crippen molar-refractivity contribution in [3.63, 3.8) is 0 Å². The van der Waals surface area contributed by atoms with E-state index >= 15 is 0 Å². The molecule has 4 atom stereocenters. The van der Waals surface area contributed by atoms with Crippen LogP contribution in [0.1, 0.15) is 44.1 Å². The Morgan fingerprint density at radius 1 is 0.825 bits per heavy atom. The second-order valence-corrected chi connectivity index (χ2v) is 9.70. The van der Waals surface area contributed by atoms with Crippen LogP contribution in [0.2, 0.25) is 0 Å². The Bertz CT molecular complexity index is 1140. The fraction of sp³-hybridized carbons (Fsp3) is 0.500. The zero-order valence-corrected chi connectivity index (χ0v) is 21.8. The number of amides is 5. The summed E-state index contributed by atoms with van der Waals surface area (Å²) in [7, 11) is 0. The molecule has 0 radical (unpaired) electrons. The van der Waals surface area contributed by atoms with Crippen molar-refractivity contribution in [1.82, 2.24) is 26.2 Å². The van der Waals surface area contributed by atoms with E-state index in [2.05, 4.69) is 21.3 Å². The van der Waals surface area contributed by atoms with Crippen LogP contribution in [-0.4, -0.2) is 93.8 Å². The van der Waals surface area contributed by atoms with Gasteiger partial charge in [0.05, 0.1) is 6.42 Å². The van der Waals surface area contributed by atoms with Gasteiger partial charge in [-0.3, -0.25) is 24.0 Å². The number of nitrogens with zero attached hydrogens (tertiary/aromatic N) is 1. The zero-order valence-electron chi connectivity index (χ0n) is 21.8. The summed E-state index contributed by atoms with van der Waals surface area (Å²) in [6, 6.07) is 3.63. The lowest BCUT2D eigenvalue weighted by Gasteiger charge is -2.26. The zero-order chi connectivity index (χ0) is 29.2. The third-order valence-electron chi connectivity index (χ3n) is 6.75. The molecule has 0 bridgehead atoms. The maximum atomic E-state index is 13.0. The summed E-state index contributed by atoms with van der Waals surface area (Å²) in [6.07, 6.45) is -0.636. The molecule has 1 aromatic rings. The molecule has 40 heavy (non-hydrogen) atoms. The van der Waals surface area contributed by atoms with Gasteiger partial charge in [0.25, 0.3) is 0 Å². The van der Waals surface area contributed by atoms with Gasteiger partial charge in [-0.25, -0.2) is 9.59 Å². The van der Waals surface area contributed by atoms with Crippen LogP contribution in [0.25, 0.3) is 0 Å². The molecule has 6 N–H and O–H groups in total. The number of carbonyl (C=O) groups is 7. The second kappa shape index (κ2) is 14.1. The topological polar surface area (TPSA) is 211 Å². The van der Waals surface area contributed by atoms with Crippen molar-refractivity contribution in [2.24, 2.45) is 0 Å². The lowest BCUT2D eigenvalue weighted by atomic mass is 10.0. The molecule has 14 heteroatoms. The van der Waals surface area contributed by atoms with Gasteiger partial charge in [0.2, 0.25) is 29.5 Å². The third-order valence-corrected chi connectivity index (χ3v) is 6.75. The van der Waals surface area contributed by atoms with E-state index in [1.54, 1.807) is 30.3 Å². The number of benzene rings is 1. The predicted octanol–water partition coefficient (Wildman–Crippen LogP) is -1.47. The summed E-state index contributed by atoms with van der Waals surface area (Å²) in [6.45, 7) is 0.0501. The number of hydrogen-bond donors (Lipinski definition) is 6. The summed E-state index contributed by atoms with van der Waals surface area (Å²) < 4.78 is 0. The Labute approximate surface area is 229 Å². The number of aliphatic carboxylic acids is 2. The van der Waals surface area contributed by atoms with Gasteiger partial charge in [0.1, 0.15) is 24.2 Å². The average Bonchev–Trinajstić information content (AvgIpc) is 3.40. The fourth-order valence-corrected chi connectivity index (χ4v) is 4.66. The van der Waals surface area contributed by atoms with Crippen molar-refractivity contribution in [1.29, 1.82) is 0 Å². The van der Waals surface area contributed by atoms with Gasteiger partial charge < -0.3 is 36.4 Å². The third kappa shape index (κ3) is 8.51. The molecule has 2 aliphatic rings. The number of carboxylic acid groups (broad SMARTS) is 2. The van der Waals surface area contributed by atoms with Crippen molar-refractivity contribution < 1.29 is 43.8 Å². The molecule has 0 aliphatic carbocycles. The first kappa shape index (κ1) is 30.1. The summed E-state index contributed by atoms with van der Waals surface area (Å²) >= 11 is 0. The van der Waals surface area contributed by atoms with Gasteiger partial charge in [-0.05, 0) is 24.8 Å². The van der Waals surface area contributed by atoms with Crippen LogP contribution in [0.4, 0.5) is 0 Å². The molecule has 14 nitrogen and oxygen atoms in total. The number of carbonyl (C=O) groups excluding carboxylic acids is 5. The van der Waals surface area contributed by atoms with Crippen LogP contribution in [0, 0.1) is 0 Å². The quantitative estimate of drug-likeness (QED) is 0.254. The van der Waals surface area contributed by atoms with Crippen LogP contribution in [0.3, 0.4) is 0 Å². The van der Waals surface area contributed by atoms with Crippen molar-refractivity contribution in [3.05, 3.63) is 35.9 Å². The Morgan fingerprint density at radius 2 is 1.52 bits per heavy atom. The standard InChI is InChI=1S/C26H33N5O9/c32-20-10-11-27-23(35)17(13-15-5-2-1-3-6-15)29-21(33)14-18(26(39)40)30-24(36)19-7-4-12-31(19)22(34)9-8-16(28-20)25(37)38/h1-3,5-6,16-19H,4,7-14H2,(H,27,35)(H,28,32)(H,29,33)(H,30,36)(H,37,38)(H,39,40)/t16?,17-,18?,19-/m0/s1. The van der Waals surface area contributed by atoms with Crippen molar-refractivity contribution in [2.75, 3.05) is 13.1 Å². The molecule has 3 rings (SSSR count). The molecule has 216 valence electrons. The Balaban J connectivity index is 1.84. The minimum atomic E-state index is -1.62. The minimum absolute atomic E-state index is 0.0644. The van der Waals surface area contributed by atoms with Gasteiger partial charge in [0.15, 0.2) is 0 Å². The van der Waals surface area contributed by atoms with E-state index < -0.39 is 72.1 Å². The van der Waals surface area contributed by atoms with Crippen LogP contribution < -0.4 is 21.3 Å². The largest absolute Gasteiger partial charge is 0.480 e. The summed E-state index contributed by atoms with van der Waals surface area (Å²) in [5, 5.41) is 28.9. The molecule has 1 aromatic carbocycles. The van der Waals surface area contributed by atoms with E-state index in [1.165, 1.54) is 4.90 Å². The maximum Gasteiger partial charge on any atom is 0.326 e. The normalized spacial score (nSPS) is 25.7. The molecule has 0 aromatic heterocycles. The number of rotatable bonds is 4. The van der Waals surface area contributed by atoms with E-state index in [-0.39, 0.29) is 45.2 Å². The van der Waals surface area contributed by atoms with E-state index in [4.69, 9.17) is 0 Å².